The molecule has 1 rings (SSSR count). The standard InChI is InChI=1S/C6H11NO4S/c8-12(9,10)11-7-6-4-2-1-3-5-6/h4,7H,1-3,5H2,(H,8,9,10). The fourth-order valence-electron chi connectivity index (χ4n) is 1.04. The van der Waals surface area contributed by atoms with Crippen molar-refractivity contribution in [1.82, 2.24) is 5.48 Å². The van der Waals surface area contributed by atoms with Crippen molar-refractivity contribution in [2.75, 3.05) is 0 Å². The summed E-state index contributed by atoms with van der Waals surface area (Å²) in [5, 5.41) is 0. The number of nitrogens with one attached hydrogen (secondary N) is 1. The molecule has 0 atom stereocenters. The number of hydrogen-bond acceptors (Lipinski definition) is 4. The number of hydrogen-bond donors (Lipinski definition) is 2. The molecule has 0 unspecified atom stereocenters. The minimum atomic E-state index is -4.38. The van der Waals surface area contributed by atoms with Crippen molar-refractivity contribution < 1.29 is 17.3 Å². The van der Waals surface area contributed by atoms with Crippen molar-refractivity contribution in [3.05, 3.63) is 11.8 Å². The molecule has 12 heavy (non-hydrogen) atoms. The molecule has 0 fully saturated rings. The lowest BCUT2D eigenvalue weighted by atomic mass is 10.1. The van der Waals surface area contributed by atoms with Crippen molar-refractivity contribution in [1.29, 1.82) is 0 Å². The molecule has 0 saturated heterocycles. The minimum absolute atomic E-state index is 0.707. The third kappa shape index (κ3) is 3.70. The van der Waals surface area contributed by atoms with Crippen LogP contribution in [0.1, 0.15) is 25.7 Å². The lowest BCUT2D eigenvalue weighted by molar-refractivity contribution is 0.196. The highest BCUT2D eigenvalue weighted by molar-refractivity contribution is 7.80. The zero-order valence-electron chi connectivity index (χ0n) is 6.49. The molecule has 0 aromatic carbocycles. The van der Waals surface area contributed by atoms with Crippen LogP contribution < -0.4 is 5.48 Å². The normalized spacial score (nSPS) is 18.6. The highest BCUT2D eigenvalue weighted by atomic mass is 32.3. The average molecular weight is 193 g/mol. The maximum absolute atomic E-state index is 10.1. The predicted molar refractivity (Wildman–Crippen MR) is 42.3 cm³/mol. The van der Waals surface area contributed by atoms with E-state index in [1.54, 1.807) is 0 Å². The summed E-state index contributed by atoms with van der Waals surface area (Å²) in [6.07, 6.45) is 5.64. The van der Waals surface area contributed by atoms with Crippen molar-refractivity contribution in [2.45, 2.75) is 25.7 Å². The van der Waals surface area contributed by atoms with Crippen molar-refractivity contribution >= 4 is 10.4 Å². The Morgan fingerprint density at radius 3 is 2.75 bits per heavy atom. The van der Waals surface area contributed by atoms with Crippen molar-refractivity contribution in [3.63, 3.8) is 0 Å². The molecule has 0 bridgehead atoms. The van der Waals surface area contributed by atoms with Gasteiger partial charge < -0.3 is 0 Å². The maximum atomic E-state index is 10.1. The van der Waals surface area contributed by atoms with Crippen LogP contribution in [0.2, 0.25) is 0 Å². The fourth-order valence-corrected chi connectivity index (χ4v) is 1.25. The maximum Gasteiger partial charge on any atom is 0.418 e. The number of rotatable bonds is 3. The molecule has 0 aromatic rings. The molecule has 70 valence electrons. The van der Waals surface area contributed by atoms with Gasteiger partial charge in [-0.3, -0.25) is 10.0 Å². The molecule has 0 amide bonds. The van der Waals surface area contributed by atoms with Crippen molar-refractivity contribution in [2.24, 2.45) is 0 Å². The van der Waals surface area contributed by atoms with Gasteiger partial charge in [0.05, 0.1) is 0 Å². The second-order valence-corrected chi connectivity index (χ2v) is 3.61. The van der Waals surface area contributed by atoms with E-state index in [-0.39, 0.29) is 0 Å². The van der Waals surface area contributed by atoms with Crippen LogP contribution in [0.5, 0.6) is 0 Å². The van der Waals surface area contributed by atoms with Crippen LogP contribution in [0.15, 0.2) is 11.8 Å². The van der Waals surface area contributed by atoms with E-state index < -0.39 is 10.4 Å². The summed E-state index contributed by atoms with van der Waals surface area (Å²) in [6.45, 7) is 0. The predicted octanol–water partition coefficient (Wildman–Crippen LogP) is 0.768. The van der Waals surface area contributed by atoms with E-state index in [9.17, 15) is 8.42 Å². The Morgan fingerprint density at radius 2 is 2.25 bits per heavy atom. The molecule has 1 aliphatic carbocycles. The first kappa shape index (κ1) is 9.50. The van der Waals surface area contributed by atoms with Crippen LogP contribution >= 0.6 is 0 Å². The van der Waals surface area contributed by atoms with Gasteiger partial charge in [0.1, 0.15) is 0 Å². The van der Waals surface area contributed by atoms with E-state index in [1.807, 2.05) is 6.08 Å². The highest BCUT2D eigenvalue weighted by Gasteiger charge is 2.07. The Bertz CT molecular complexity index is 269. The molecular formula is C6H11NO4S. The summed E-state index contributed by atoms with van der Waals surface area (Å²) in [7, 11) is -4.38. The smallest absolute Gasteiger partial charge is 0.262 e. The van der Waals surface area contributed by atoms with E-state index in [2.05, 4.69) is 9.76 Å². The summed E-state index contributed by atoms with van der Waals surface area (Å²) < 4.78 is 32.4. The molecule has 1 aliphatic rings. The fraction of sp³-hybridized carbons (Fsp3) is 0.667. The van der Waals surface area contributed by atoms with Crippen LogP contribution in [-0.2, 0) is 14.7 Å². The van der Waals surface area contributed by atoms with E-state index >= 15 is 0 Å². The van der Waals surface area contributed by atoms with E-state index in [0.717, 1.165) is 25.7 Å². The van der Waals surface area contributed by atoms with Crippen LogP contribution in [0, 0.1) is 0 Å². The minimum Gasteiger partial charge on any atom is -0.262 e. The Labute approximate surface area is 71.3 Å². The van der Waals surface area contributed by atoms with Gasteiger partial charge in [0.2, 0.25) is 0 Å². The van der Waals surface area contributed by atoms with Gasteiger partial charge in [0.15, 0.2) is 0 Å². The Morgan fingerprint density at radius 1 is 1.50 bits per heavy atom. The molecule has 0 spiro atoms. The molecular weight excluding hydrogens is 182 g/mol. The monoisotopic (exact) mass is 193 g/mol. The van der Waals surface area contributed by atoms with Crippen LogP contribution in [0.3, 0.4) is 0 Å². The number of allylic oxidation sites excluding steroid dienone is 2. The first-order valence-electron chi connectivity index (χ1n) is 3.69. The molecule has 5 nitrogen and oxygen atoms in total. The van der Waals surface area contributed by atoms with E-state index in [0.29, 0.717) is 5.70 Å². The first-order chi connectivity index (χ1) is 5.58. The highest BCUT2D eigenvalue weighted by Crippen LogP contribution is 2.14. The molecule has 0 heterocycles. The van der Waals surface area contributed by atoms with Gasteiger partial charge in [-0.1, -0.05) is 6.08 Å². The SMILES string of the molecule is O=S(=O)(O)ONC1=CCCCC1. The van der Waals surface area contributed by atoms with Crippen LogP contribution in [0.4, 0.5) is 0 Å². The quantitative estimate of drug-likeness (QED) is 0.511. The molecule has 0 radical (unpaired) electrons. The van der Waals surface area contributed by atoms with Gasteiger partial charge in [-0.25, -0.2) is 0 Å². The summed E-state index contributed by atoms with van der Waals surface area (Å²) in [5.74, 6) is 0. The largest absolute Gasteiger partial charge is 0.418 e. The van der Waals surface area contributed by atoms with Gasteiger partial charge >= 0.3 is 10.4 Å². The van der Waals surface area contributed by atoms with Gasteiger partial charge in [-0.15, -0.1) is 4.28 Å². The summed E-state index contributed by atoms with van der Waals surface area (Å²) in [4.78, 5) is 0. The van der Waals surface area contributed by atoms with Gasteiger partial charge in [-0.2, -0.15) is 8.42 Å². The van der Waals surface area contributed by atoms with Gasteiger partial charge in [-0.05, 0) is 25.7 Å². The topological polar surface area (TPSA) is 75.6 Å². The third-order valence-corrected chi connectivity index (χ3v) is 1.86. The van der Waals surface area contributed by atoms with E-state index in [1.165, 1.54) is 0 Å². The number of hydroxylamine groups is 1. The summed E-state index contributed by atoms with van der Waals surface area (Å²) in [6, 6.07) is 0. The van der Waals surface area contributed by atoms with E-state index in [4.69, 9.17) is 4.55 Å². The second kappa shape index (κ2) is 3.88. The zero-order valence-corrected chi connectivity index (χ0v) is 7.30. The van der Waals surface area contributed by atoms with Crippen LogP contribution in [0.25, 0.3) is 0 Å². The Hall–Kier alpha value is -0.590. The lowest BCUT2D eigenvalue weighted by Gasteiger charge is -2.12. The average Bonchev–Trinajstić information content (AvgIpc) is 2.02. The van der Waals surface area contributed by atoms with Gasteiger partial charge in [0.25, 0.3) is 0 Å². The van der Waals surface area contributed by atoms with Crippen LogP contribution in [-0.4, -0.2) is 13.0 Å². The summed E-state index contributed by atoms with van der Waals surface area (Å²) in [5.41, 5.74) is 2.89. The lowest BCUT2D eigenvalue weighted by Crippen LogP contribution is -2.20. The molecule has 2 N–H and O–H groups in total. The Kier molecular flexibility index (Phi) is 3.07. The Balaban J connectivity index is 2.36. The van der Waals surface area contributed by atoms with Crippen molar-refractivity contribution in [3.8, 4) is 0 Å². The molecule has 0 saturated carbocycles. The first-order valence-corrected chi connectivity index (χ1v) is 5.05. The molecule has 0 aromatic heterocycles. The molecule has 0 aliphatic heterocycles. The third-order valence-electron chi connectivity index (χ3n) is 1.57. The van der Waals surface area contributed by atoms with Gasteiger partial charge in [0, 0.05) is 5.70 Å². The zero-order chi connectivity index (χ0) is 9.03. The summed E-state index contributed by atoms with van der Waals surface area (Å²) >= 11 is 0. The molecule has 6 heteroatoms. The second-order valence-electron chi connectivity index (χ2n) is 2.59.